The Morgan fingerprint density at radius 1 is 1.29 bits per heavy atom. The molecule has 0 aliphatic carbocycles. The third-order valence-electron chi connectivity index (χ3n) is 3.27. The smallest absolute Gasteiger partial charge is 0.336 e. The summed E-state index contributed by atoms with van der Waals surface area (Å²) in [5, 5.41) is 9.21. The Kier molecular flexibility index (Phi) is 6.15. The quantitative estimate of drug-likeness (QED) is 0.782. The predicted octanol–water partition coefficient (Wildman–Crippen LogP) is 3.55. The molecule has 0 aromatic heterocycles. The molecule has 0 saturated carbocycles. The van der Waals surface area contributed by atoms with E-state index in [2.05, 4.69) is 6.92 Å². The zero-order chi connectivity index (χ0) is 16.0. The summed E-state index contributed by atoms with van der Waals surface area (Å²) in [6, 6.07) is 2.94. The highest BCUT2D eigenvalue weighted by atomic mass is 32.2. The van der Waals surface area contributed by atoms with E-state index in [-0.39, 0.29) is 10.5 Å². The third kappa shape index (κ3) is 4.70. The fourth-order valence-electron chi connectivity index (χ4n) is 2.12. The van der Waals surface area contributed by atoms with Gasteiger partial charge >= 0.3 is 5.97 Å². The summed E-state index contributed by atoms with van der Waals surface area (Å²) in [6.07, 6.45) is 8.34. The molecule has 0 unspecified atom stereocenters. The van der Waals surface area contributed by atoms with Gasteiger partial charge in [-0.25, -0.2) is 13.2 Å². The van der Waals surface area contributed by atoms with Gasteiger partial charge in [0.1, 0.15) is 0 Å². The van der Waals surface area contributed by atoms with Crippen molar-refractivity contribution < 1.29 is 18.3 Å². The molecular weight excluding hydrogens is 288 g/mol. The number of carboxylic acid groups (broad SMARTS) is 1. The first-order chi connectivity index (χ1) is 9.81. The minimum absolute atomic E-state index is 0.0589. The number of hydrogen-bond donors (Lipinski definition) is 1. The highest BCUT2D eigenvalue weighted by Crippen LogP contribution is 2.24. The van der Waals surface area contributed by atoms with Crippen LogP contribution in [0.5, 0.6) is 0 Å². The largest absolute Gasteiger partial charge is 0.478 e. The first kappa shape index (κ1) is 17.4. The molecule has 4 nitrogen and oxygen atoms in total. The van der Waals surface area contributed by atoms with Gasteiger partial charge in [-0.1, -0.05) is 38.8 Å². The Bertz CT molecular complexity index is 642. The van der Waals surface area contributed by atoms with E-state index in [1.807, 2.05) is 13.0 Å². The Labute approximate surface area is 126 Å². The summed E-state index contributed by atoms with van der Waals surface area (Å²) in [6.45, 7) is 3.94. The van der Waals surface area contributed by atoms with E-state index in [4.69, 9.17) is 0 Å². The number of aromatic carboxylic acids is 1. The lowest BCUT2D eigenvalue weighted by Gasteiger charge is -2.10. The number of sulfone groups is 1. The van der Waals surface area contributed by atoms with Gasteiger partial charge in [-0.05, 0) is 36.1 Å². The van der Waals surface area contributed by atoms with Gasteiger partial charge in [0.25, 0.3) is 0 Å². The van der Waals surface area contributed by atoms with Crippen LogP contribution < -0.4 is 0 Å². The van der Waals surface area contributed by atoms with Crippen LogP contribution in [0.15, 0.2) is 23.1 Å². The topological polar surface area (TPSA) is 71.4 Å². The second-order valence-corrected chi connectivity index (χ2v) is 7.01. The summed E-state index contributed by atoms with van der Waals surface area (Å²) in [5.41, 5.74) is 1.27. The summed E-state index contributed by atoms with van der Waals surface area (Å²) >= 11 is 0. The molecule has 0 bridgehead atoms. The van der Waals surface area contributed by atoms with Crippen molar-refractivity contribution in [3.8, 4) is 0 Å². The number of aryl methyl sites for hydroxylation is 1. The van der Waals surface area contributed by atoms with Gasteiger partial charge in [-0.3, -0.25) is 0 Å². The fraction of sp³-hybridized carbons (Fsp3) is 0.438. The average Bonchev–Trinajstić information content (AvgIpc) is 2.41. The molecule has 5 heteroatoms. The van der Waals surface area contributed by atoms with Crippen LogP contribution in [0, 0.1) is 0 Å². The number of allylic oxidation sites excluding steroid dienone is 1. The van der Waals surface area contributed by atoms with Crippen molar-refractivity contribution in [2.45, 2.75) is 44.4 Å². The molecule has 1 rings (SSSR count). The summed E-state index contributed by atoms with van der Waals surface area (Å²) < 4.78 is 23.8. The number of carboxylic acids is 1. The molecule has 1 N–H and O–H groups in total. The third-order valence-corrected chi connectivity index (χ3v) is 4.42. The van der Waals surface area contributed by atoms with Crippen LogP contribution in [-0.4, -0.2) is 25.7 Å². The standard InChI is InChI=1S/C16H22O4S/c1-4-6-7-8-9-13-10-12(5-2)14(16(17)18)11-15(13)21(3,19)20/h8-11H,4-7H2,1-3H3,(H,17,18). The van der Waals surface area contributed by atoms with Crippen molar-refractivity contribution in [2.24, 2.45) is 0 Å². The van der Waals surface area contributed by atoms with Crippen molar-refractivity contribution in [2.75, 3.05) is 6.26 Å². The van der Waals surface area contributed by atoms with Crippen molar-refractivity contribution >= 4 is 21.9 Å². The SMILES string of the molecule is CCCCC=Cc1cc(CC)c(C(=O)O)cc1S(C)(=O)=O. The molecule has 1 aromatic rings. The Balaban J connectivity index is 3.40. The molecule has 116 valence electrons. The molecule has 0 amide bonds. The Morgan fingerprint density at radius 3 is 2.43 bits per heavy atom. The Morgan fingerprint density at radius 2 is 1.95 bits per heavy atom. The summed E-state index contributed by atoms with van der Waals surface area (Å²) in [5.74, 6) is -1.10. The van der Waals surface area contributed by atoms with E-state index < -0.39 is 15.8 Å². The van der Waals surface area contributed by atoms with Gasteiger partial charge < -0.3 is 5.11 Å². The van der Waals surface area contributed by atoms with Gasteiger partial charge in [0.05, 0.1) is 10.5 Å². The lowest BCUT2D eigenvalue weighted by molar-refractivity contribution is 0.0695. The molecule has 21 heavy (non-hydrogen) atoms. The number of rotatable bonds is 7. The van der Waals surface area contributed by atoms with Crippen LogP contribution in [0.2, 0.25) is 0 Å². The normalized spacial score (nSPS) is 12.0. The fourth-order valence-corrected chi connectivity index (χ4v) is 3.01. The van der Waals surface area contributed by atoms with Crippen molar-refractivity contribution in [3.05, 3.63) is 34.9 Å². The first-order valence-electron chi connectivity index (χ1n) is 7.08. The van der Waals surface area contributed by atoms with Gasteiger partial charge in [0.2, 0.25) is 0 Å². The molecule has 0 aliphatic rings. The van der Waals surface area contributed by atoms with Crippen molar-refractivity contribution in [1.29, 1.82) is 0 Å². The first-order valence-corrected chi connectivity index (χ1v) is 8.97. The van der Waals surface area contributed by atoms with E-state index in [0.717, 1.165) is 25.5 Å². The van der Waals surface area contributed by atoms with Crippen LogP contribution >= 0.6 is 0 Å². The maximum Gasteiger partial charge on any atom is 0.336 e. The van der Waals surface area contributed by atoms with Crippen LogP contribution in [0.4, 0.5) is 0 Å². The number of hydrogen-bond acceptors (Lipinski definition) is 3. The number of carbonyl (C=O) groups is 1. The minimum atomic E-state index is -3.47. The molecule has 0 spiro atoms. The van der Waals surface area contributed by atoms with E-state index in [0.29, 0.717) is 17.5 Å². The van der Waals surface area contributed by atoms with Crippen LogP contribution in [-0.2, 0) is 16.3 Å². The second-order valence-electron chi connectivity index (χ2n) is 5.02. The molecular formula is C16H22O4S. The highest BCUT2D eigenvalue weighted by Gasteiger charge is 2.18. The maximum absolute atomic E-state index is 11.9. The minimum Gasteiger partial charge on any atom is -0.478 e. The second kappa shape index (κ2) is 7.41. The average molecular weight is 310 g/mol. The van der Waals surface area contributed by atoms with Crippen LogP contribution in [0.25, 0.3) is 6.08 Å². The molecule has 0 aliphatic heterocycles. The molecule has 0 saturated heterocycles. The molecule has 0 radical (unpaired) electrons. The monoisotopic (exact) mass is 310 g/mol. The highest BCUT2D eigenvalue weighted by molar-refractivity contribution is 7.90. The van der Waals surface area contributed by atoms with Crippen molar-refractivity contribution in [1.82, 2.24) is 0 Å². The number of benzene rings is 1. The van der Waals surface area contributed by atoms with E-state index >= 15 is 0 Å². The lowest BCUT2D eigenvalue weighted by atomic mass is 10.0. The zero-order valence-corrected chi connectivity index (χ0v) is 13.5. The maximum atomic E-state index is 11.9. The van der Waals surface area contributed by atoms with Crippen molar-refractivity contribution in [3.63, 3.8) is 0 Å². The molecule has 0 fully saturated rings. The summed E-state index contributed by atoms with van der Waals surface area (Å²) in [4.78, 5) is 11.3. The molecule has 0 heterocycles. The Hall–Kier alpha value is -1.62. The van der Waals surface area contributed by atoms with Gasteiger partial charge in [-0.2, -0.15) is 0 Å². The summed E-state index contributed by atoms with van der Waals surface area (Å²) in [7, 11) is -3.47. The number of unbranched alkanes of at least 4 members (excludes halogenated alkanes) is 2. The molecule has 1 aromatic carbocycles. The predicted molar refractivity (Wildman–Crippen MR) is 84.4 cm³/mol. The van der Waals surface area contributed by atoms with Gasteiger partial charge in [0.15, 0.2) is 9.84 Å². The van der Waals surface area contributed by atoms with Gasteiger partial charge in [0, 0.05) is 6.26 Å². The van der Waals surface area contributed by atoms with Crippen LogP contribution in [0.3, 0.4) is 0 Å². The lowest BCUT2D eigenvalue weighted by Crippen LogP contribution is -2.08. The van der Waals surface area contributed by atoms with E-state index in [1.165, 1.54) is 6.07 Å². The van der Waals surface area contributed by atoms with Crippen LogP contribution in [0.1, 0.15) is 54.6 Å². The zero-order valence-electron chi connectivity index (χ0n) is 12.7. The van der Waals surface area contributed by atoms with Gasteiger partial charge in [-0.15, -0.1) is 0 Å². The molecule has 0 atom stereocenters. The van der Waals surface area contributed by atoms with E-state index in [1.54, 1.807) is 12.1 Å². The van der Waals surface area contributed by atoms with E-state index in [9.17, 15) is 18.3 Å².